The van der Waals surface area contributed by atoms with E-state index in [1.165, 1.54) is 29.6 Å². The molecule has 27 heavy (non-hydrogen) atoms. The van der Waals surface area contributed by atoms with E-state index in [0.717, 1.165) is 6.07 Å². The molecule has 8 nitrogen and oxygen atoms in total. The van der Waals surface area contributed by atoms with Gasteiger partial charge in [-0.25, -0.2) is 12.8 Å². The third-order valence-corrected chi connectivity index (χ3v) is 6.33. The molecule has 1 aliphatic heterocycles. The molecular weight excluding hydrogens is 377 g/mol. The van der Waals surface area contributed by atoms with Crippen molar-refractivity contribution in [2.75, 3.05) is 38.2 Å². The summed E-state index contributed by atoms with van der Waals surface area (Å²) in [7, 11) is -2.69. The van der Waals surface area contributed by atoms with Crippen LogP contribution in [0.4, 0.5) is 15.8 Å². The highest BCUT2D eigenvalue weighted by Crippen LogP contribution is 2.31. The fraction of sp³-hybridized carbons (Fsp3) is 0.294. The number of rotatable bonds is 5. The molecule has 0 unspecified atom stereocenters. The van der Waals surface area contributed by atoms with E-state index in [9.17, 15) is 22.9 Å². The van der Waals surface area contributed by atoms with Crippen LogP contribution in [0.25, 0.3) is 0 Å². The first-order valence-corrected chi connectivity index (χ1v) is 9.60. The van der Waals surface area contributed by atoms with E-state index >= 15 is 0 Å². The number of nitro groups is 1. The maximum Gasteiger partial charge on any atom is 0.271 e. The highest BCUT2D eigenvalue weighted by atomic mass is 32.2. The van der Waals surface area contributed by atoms with E-state index in [1.54, 1.807) is 23.1 Å². The summed E-state index contributed by atoms with van der Waals surface area (Å²) in [4.78, 5) is 11.9. The molecule has 0 amide bonds. The topological polar surface area (TPSA) is 93.0 Å². The van der Waals surface area contributed by atoms with E-state index in [-0.39, 0.29) is 35.2 Å². The van der Waals surface area contributed by atoms with Crippen molar-refractivity contribution in [1.82, 2.24) is 4.31 Å². The van der Waals surface area contributed by atoms with Crippen LogP contribution in [0.5, 0.6) is 5.75 Å². The number of para-hydroxylation sites is 1. The number of nitro benzene ring substituents is 1. The molecular formula is C17H18FN3O5S. The van der Waals surface area contributed by atoms with Crippen molar-refractivity contribution in [2.24, 2.45) is 0 Å². The van der Waals surface area contributed by atoms with Crippen LogP contribution in [0.3, 0.4) is 0 Å². The Hall–Kier alpha value is -2.72. The fourth-order valence-electron chi connectivity index (χ4n) is 3.00. The molecule has 10 heteroatoms. The lowest BCUT2D eigenvalue weighted by Crippen LogP contribution is -2.49. The number of non-ortho nitro benzene ring substituents is 1. The number of benzene rings is 2. The van der Waals surface area contributed by atoms with Crippen LogP contribution in [-0.4, -0.2) is 50.9 Å². The van der Waals surface area contributed by atoms with Gasteiger partial charge in [-0.1, -0.05) is 12.1 Å². The zero-order valence-corrected chi connectivity index (χ0v) is 15.4. The van der Waals surface area contributed by atoms with E-state index in [1.807, 2.05) is 0 Å². The number of sulfonamides is 1. The zero-order chi connectivity index (χ0) is 19.6. The Balaban J connectivity index is 1.84. The Labute approximate surface area is 156 Å². The summed E-state index contributed by atoms with van der Waals surface area (Å²) in [5, 5.41) is 11.0. The minimum absolute atomic E-state index is 0.0390. The van der Waals surface area contributed by atoms with Crippen molar-refractivity contribution in [3.63, 3.8) is 0 Å². The first-order valence-electron chi connectivity index (χ1n) is 8.16. The molecule has 2 aromatic rings. The standard InChI is InChI=1S/C17H18FN3O5S/c1-26-16-7-6-13(21(22)23)12-17(16)27(24,25)20-10-8-19(9-11-20)15-5-3-2-4-14(15)18/h2-7,12H,8-11H2,1H3. The normalized spacial score (nSPS) is 15.6. The summed E-state index contributed by atoms with van der Waals surface area (Å²) >= 11 is 0. The number of methoxy groups -OCH3 is 1. The molecule has 1 saturated heterocycles. The Morgan fingerprint density at radius 2 is 1.78 bits per heavy atom. The lowest BCUT2D eigenvalue weighted by Gasteiger charge is -2.35. The second-order valence-corrected chi connectivity index (χ2v) is 7.84. The average Bonchev–Trinajstić information content (AvgIpc) is 2.68. The van der Waals surface area contributed by atoms with Gasteiger partial charge in [-0.2, -0.15) is 4.31 Å². The van der Waals surface area contributed by atoms with Crippen molar-refractivity contribution in [3.8, 4) is 5.75 Å². The van der Waals surface area contributed by atoms with Gasteiger partial charge in [0, 0.05) is 38.3 Å². The second kappa shape index (κ2) is 7.49. The predicted molar refractivity (Wildman–Crippen MR) is 97.0 cm³/mol. The van der Waals surface area contributed by atoms with Gasteiger partial charge >= 0.3 is 0 Å². The molecule has 0 bridgehead atoms. The molecule has 0 aromatic heterocycles. The van der Waals surface area contributed by atoms with Crippen molar-refractivity contribution in [2.45, 2.75) is 4.90 Å². The minimum atomic E-state index is -3.99. The largest absolute Gasteiger partial charge is 0.495 e. The summed E-state index contributed by atoms with van der Waals surface area (Å²) in [6.45, 7) is 0.861. The van der Waals surface area contributed by atoms with Crippen LogP contribution >= 0.6 is 0 Å². The first-order chi connectivity index (χ1) is 12.8. The van der Waals surface area contributed by atoms with E-state index in [2.05, 4.69) is 0 Å². The van der Waals surface area contributed by atoms with Crippen molar-refractivity contribution in [3.05, 3.63) is 58.4 Å². The van der Waals surface area contributed by atoms with Gasteiger partial charge in [-0.05, 0) is 18.2 Å². The number of nitrogens with zero attached hydrogens (tertiary/aromatic N) is 3. The summed E-state index contributed by atoms with van der Waals surface area (Å²) < 4.78 is 46.2. The number of piperazine rings is 1. The molecule has 0 radical (unpaired) electrons. The van der Waals surface area contributed by atoms with Gasteiger partial charge in [0.1, 0.15) is 16.5 Å². The maximum atomic E-state index is 13.9. The fourth-order valence-corrected chi connectivity index (χ4v) is 4.59. The van der Waals surface area contributed by atoms with Crippen molar-refractivity contribution >= 4 is 21.4 Å². The molecule has 144 valence electrons. The predicted octanol–water partition coefficient (Wildman–Crippen LogP) is 2.25. The van der Waals surface area contributed by atoms with E-state index in [4.69, 9.17) is 4.74 Å². The van der Waals surface area contributed by atoms with Crippen LogP contribution in [0.1, 0.15) is 0 Å². The molecule has 1 aliphatic rings. The van der Waals surface area contributed by atoms with Crippen LogP contribution < -0.4 is 9.64 Å². The van der Waals surface area contributed by atoms with E-state index in [0.29, 0.717) is 18.8 Å². The number of halogens is 1. The molecule has 3 rings (SSSR count). The van der Waals surface area contributed by atoms with Crippen LogP contribution in [0.2, 0.25) is 0 Å². The molecule has 0 saturated carbocycles. The van der Waals surface area contributed by atoms with Crippen LogP contribution in [-0.2, 0) is 10.0 Å². The Bertz CT molecular complexity index is 959. The number of anilines is 1. The highest BCUT2D eigenvalue weighted by Gasteiger charge is 2.32. The molecule has 2 aromatic carbocycles. The molecule has 1 heterocycles. The molecule has 0 N–H and O–H groups in total. The van der Waals surface area contributed by atoms with Crippen molar-refractivity contribution in [1.29, 1.82) is 0 Å². The van der Waals surface area contributed by atoms with Gasteiger partial charge in [0.05, 0.1) is 17.7 Å². The number of ether oxygens (including phenoxy) is 1. The molecule has 1 fully saturated rings. The Kier molecular flexibility index (Phi) is 5.29. The van der Waals surface area contributed by atoms with Crippen LogP contribution in [0.15, 0.2) is 47.4 Å². The van der Waals surface area contributed by atoms with E-state index < -0.39 is 14.9 Å². The summed E-state index contributed by atoms with van der Waals surface area (Å²) in [5.41, 5.74) is 0.0850. The Morgan fingerprint density at radius 1 is 1.11 bits per heavy atom. The monoisotopic (exact) mass is 395 g/mol. The SMILES string of the molecule is COc1ccc([N+](=O)[O-])cc1S(=O)(=O)N1CCN(c2ccccc2F)CC1. The summed E-state index contributed by atoms with van der Waals surface area (Å²) in [6, 6.07) is 9.76. The molecule has 0 atom stereocenters. The van der Waals surface area contributed by atoms with Crippen LogP contribution in [0, 0.1) is 15.9 Å². The third kappa shape index (κ3) is 3.71. The summed E-state index contributed by atoms with van der Waals surface area (Å²) in [6.07, 6.45) is 0. The van der Waals surface area contributed by atoms with Gasteiger partial charge in [-0.15, -0.1) is 0 Å². The van der Waals surface area contributed by atoms with Gasteiger partial charge in [0.2, 0.25) is 10.0 Å². The second-order valence-electron chi connectivity index (χ2n) is 5.93. The average molecular weight is 395 g/mol. The zero-order valence-electron chi connectivity index (χ0n) is 14.5. The lowest BCUT2D eigenvalue weighted by atomic mass is 10.2. The van der Waals surface area contributed by atoms with Gasteiger partial charge in [-0.3, -0.25) is 10.1 Å². The van der Waals surface area contributed by atoms with Gasteiger partial charge < -0.3 is 9.64 Å². The third-order valence-electron chi connectivity index (χ3n) is 4.41. The van der Waals surface area contributed by atoms with Gasteiger partial charge in [0.15, 0.2) is 0 Å². The quantitative estimate of drug-likeness (QED) is 0.569. The maximum absolute atomic E-state index is 13.9. The molecule has 0 spiro atoms. The number of hydrogen-bond acceptors (Lipinski definition) is 6. The highest BCUT2D eigenvalue weighted by molar-refractivity contribution is 7.89. The van der Waals surface area contributed by atoms with Crippen molar-refractivity contribution < 1.29 is 22.5 Å². The summed E-state index contributed by atoms with van der Waals surface area (Å²) in [5.74, 6) is -0.328. The number of hydrogen-bond donors (Lipinski definition) is 0. The first kappa shape index (κ1) is 19.1. The smallest absolute Gasteiger partial charge is 0.271 e. The Morgan fingerprint density at radius 3 is 2.37 bits per heavy atom. The lowest BCUT2D eigenvalue weighted by molar-refractivity contribution is -0.385. The minimum Gasteiger partial charge on any atom is -0.495 e. The molecule has 0 aliphatic carbocycles. The van der Waals surface area contributed by atoms with Gasteiger partial charge in [0.25, 0.3) is 5.69 Å².